The van der Waals surface area contributed by atoms with Crippen molar-refractivity contribution in [2.75, 3.05) is 11.4 Å². The number of amides is 1. The Balaban J connectivity index is 1.99. The summed E-state index contributed by atoms with van der Waals surface area (Å²) < 4.78 is 0. The highest BCUT2D eigenvalue weighted by molar-refractivity contribution is 5.94. The van der Waals surface area contributed by atoms with E-state index in [4.69, 9.17) is 0 Å². The Bertz CT molecular complexity index is 694. The normalized spacial score (nSPS) is 17.1. The van der Waals surface area contributed by atoms with Gasteiger partial charge >= 0.3 is 0 Å². The molecule has 0 aliphatic carbocycles. The number of nitrogens with zero attached hydrogens (tertiary/aromatic N) is 1. The van der Waals surface area contributed by atoms with Gasteiger partial charge in [-0.3, -0.25) is 4.79 Å². The Kier molecular flexibility index (Phi) is 3.75. The van der Waals surface area contributed by atoms with Crippen LogP contribution in [0.2, 0.25) is 0 Å². The molecule has 0 saturated heterocycles. The van der Waals surface area contributed by atoms with Gasteiger partial charge in [-0.1, -0.05) is 25.1 Å². The average Bonchev–Trinajstić information content (AvgIpc) is 2.54. The number of aromatic hydroxyl groups is 2. The van der Waals surface area contributed by atoms with Crippen molar-refractivity contribution in [2.45, 2.75) is 25.7 Å². The number of rotatable bonds is 2. The molecule has 0 spiro atoms. The van der Waals surface area contributed by atoms with E-state index in [1.54, 1.807) is 29.2 Å². The molecule has 22 heavy (non-hydrogen) atoms. The summed E-state index contributed by atoms with van der Waals surface area (Å²) in [5.41, 5.74) is 2.97. The summed E-state index contributed by atoms with van der Waals surface area (Å²) >= 11 is 0. The van der Waals surface area contributed by atoms with Gasteiger partial charge in [0.15, 0.2) is 0 Å². The van der Waals surface area contributed by atoms with Gasteiger partial charge in [0.1, 0.15) is 11.5 Å². The van der Waals surface area contributed by atoms with Crippen LogP contribution >= 0.6 is 0 Å². The molecule has 3 rings (SSSR count). The summed E-state index contributed by atoms with van der Waals surface area (Å²) in [5.74, 6) is 0.658. The van der Waals surface area contributed by atoms with Crippen LogP contribution in [0.25, 0.3) is 0 Å². The lowest BCUT2D eigenvalue weighted by Gasteiger charge is -2.35. The summed E-state index contributed by atoms with van der Waals surface area (Å²) in [6.45, 7) is 2.43. The predicted octanol–water partition coefficient (Wildman–Crippen LogP) is 3.18. The van der Waals surface area contributed by atoms with Gasteiger partial charge in [0, 0.05) is 24.9 Å². The minimum Gasteiger partial charge on any atom is -0.508 e. The number of benzene rings is 2. The number of carbonyl (C=O) groups excluding carboxylic acids is 1. The standard InChI is InChI=1S/C18H19NO3/c1-2-18(22)19-11-14(12-3-6-15(20)7-4-12)9-13-5-8-16(21)10-17(13)19/h3-8,10,14,20-21H,2,9,11H2,1H3. The number of anilines is 1. The molecule has 114 valence electrons. The van der Waals surface area contributed by atoms with Gasteiger partial charge in [0.25, 0.3) is 0 Å². The van der Waals surface area contributed by atoms with Crippen molar-refractivity contribution in [3.8, 4) is 11.5 Å². The minimum absolute atomic E-state index is 0.0512. The second kappa shape index (κ2) is 5.72. The second-order valence-electron chi connectivity index (χ2n) is 5.66. The molecular weight excluding hydrogens is 278 g/mol. The van der Waals surface area contributed by atoms with Gasteiger partial charge in [-0.05, 0) is 35.7 Å². The third-order valence-electron chi connectivity index (χ3n) is 4.20. The number of fused-ring (bicyclic) bond motifs is 1. The maximum absolute atomic E-state index is 12.3. The SMILES string of the molecule is CCC(=O)N1CC(c2ccc(O)cc2)Cc2ccc(O)cc21. The summed E-state index contributed by atoms with van der Waals surface area (Å²) in [4.78, 5) is 14.0. The van der Waals surface area contributed by atoms with Crippen LogP contribution < -0.4 is 4.90 Å². The maximum Gasteiger partial charge on any atom is 0.226 e. The van der Waals surface area contributed by atoms with Crippen molar-refractivity contribution in [1.82, 2.24) is 0 Å². The molecule has 1 aliphatic rings. The lowest BCUT2D eigenvalue weighted by Crippen LogP contribution is -2.38. The van der Waals surface area contributed by atoms with Gasteiger partial charge in [0.05, 0.1) is 5.69 Å². The van der Waals surface area contributed by atoms with E-state index in [1.165, 1.54) is 0 Å². The number of hydrogen-bond acceptors (Lipinski definition) is 3. The Labute approximate surface area is 129 Å². The Morgan fingerprint density at radius 2 is 1.82 bits per heavy atom. The molecule has 0 aromatic heterocycles. The van der Waals surface area contributed by atoms with Crippen molar-refractivity contribution in [3.05, 3.63) is 53.6 Å². The van der Waals surface area contributed by atoms with E-state index in [0.717, 1.165) is 23.2 Å². The third-order valence-corrected chi connectivity index (χ3v) is 4.20. The number of phenols is 2. The molecule has 1 amide bonds. The highest BCUT2D eigenvalue weighted by Crippen LogP contribution is 2.37. The van der Waals surface area contributed by atoms with Crippen LogP contribution in [0.15, 0.2) is 42.5 Å². The second-order valence-corrected chi connectivity index (χ2v) is 5.66. The van der Waals surface area contributed by atoms with Gasteiger partial charge in [0.2, 0.25) is 5.91 Å². The van der Waals surface area contributed by atoms with Crippen molar-refractivity contribution in [3.63, 3.8) is 0 Å². The van der Waals surface area contributed by atoms with E-state index in [1.807, 2.05) is 25.1 Å². The first-order chi connectivity index (χ1) is 10.6. The topological polar surface area (TPSA) is 60.8 Å². The van der Waals surface area contributed by atoms with Crippen molar-refractivity contribution in [1.29, 1.82) is 0 Å². The lowest BCUT2D eigenvalue weighted by atomic mass is 9.87. The average molecular weight is 297 g/mol. The van der Waals surface area contributed by atoms with Crippen LogP contribution in [-0.4, -0.2) is 22.7 Å². The summed E-state index contributed by atoms with van der Waals surface area (Å²) in [6.07, 6.45) is 1.24. The zero-order valence-corrected chi connectivity index (χ0v) is 12.5. The van der Waals surface area contributed by atoms with Crippen LogP contribution in [0, 0.1) is 0 Å². The molecule has 2 aromatic rings. The van der Waals surface area contributed by atoms with E-state index in [0.29, 0.717) is 13.0 Å². The van der Waals surface area contributed by atoms with Crippen molar-refractivity contribution < 1.29 is 15.0 Å². The predicted molar refractivity (Wildman–Crippen MR) is 85.3 cm³/mol. The Hall–Kier alpha value is -2.49. The smallest absolute Gasteiger partial charge is 0.226 e. The monoisotopic (exact) mass is 297 g/mol. The molecule has 4 heteroatoms. The van der Waals surface area contributed by atoms with Gasteiger partial charge in [-0.15, -0.1) is 0 Å². The first kappa shape index (κ1) is 14.4. The molecule has 1 aliphatic heterocycles. The molecule has 2 N–H and O–H groups in total. The Morgan fingerprint density at radius 3 is 2.50 bits per heavy atom. The van der Waals surface area contributed by atoms with Crippen LogP contribution in [0.1, 0.15) is 30.4 Å². The van der Waals surface area contributed by atoms with E-state index in [2.05, 4.69) is 0 Å². The maximum atomic E-state index is 12.3. The van der Waals surface area contributed by atoms with Crippen LogP contribution in [0.5, 0.6) is 11.5 Å². The first-order valence-corrected chi connectivity index (χ1v) is 7.49. The van der Waals surface area contributed by atoms with Crippen LogP contribution in [0.4, 0.5) is 5.69 Å². The molecule has 0 radical (unpaired) electrons. The first-order valence-electron chi connectivity index (χ1n) is 7.49. The molecule has 0 fully saturated rings. The van der Waals surface area contributed by atoms with Crippen molar-refractivity contribution >= 4 is 11.6 Å². The number of hydrogen-bond donors (Lipinski definition) is 2. The molecule has 2 aromatic carbocycles. The van der Waals surface area contributed by atoms with Crippen molar-refractivity contribution in [2.24, 2.45) is 0 Å². The highest BCUT2D eigenvalue weighted by Gasteiger charge is 2.28. The zero-order chi connectivity index (χ0) is 15.7. The molecule has 0 saturated carbocycles. The number of carbonyl (C=O) groups is 1. The fraction of sp³-hybridized carbons (Fsp3) is 0.278. The Morgan fingerprint density at radius 1 is 1.14 bits per heavy atom. The van der Waals surface area contributed by atoms with Crippen LogP contribution in [-0.2, 0) is 11.2 Å². The highest BCUT2D eigenvalue weighted by atomic mass is 16.3. The molecule has 0 bridgehead atoms. The quantitative estimate of drug-likeness (QED) is 0.895. The van der Waals surface area contributed by atoms with Gasteiger partial charge in [-0.25, -0.2) is 0 Å². The van der Waals surface area contributed by atoms with Crippen LogP contribution in [0.3, 0.4) is 0 Å². The van der Waals surface area contributed by atoms with E-state index in [-0.39, 0.29) is 23.3 Å². The largest absolute Gasteiger partial charge is 0.508 e. The minimum atomic E-state index is 0.0512. The molecule has 1 unspecified atom stereocenters. The summed E-state index contributed by atoms with van der Waals surface area (Å²) in [7, 11) is 0. The van der Waals surface area contributed by atoms with E-state index < -0.39 is 0 Å². The fourth-order valence-corrected chi connectivity index (χ4v) is 3.02. The lowest BCUT2D eigenvalue weighted by molar-refractivity contribution is -0.118. The third kappa shape index (κ3) is 2.64. The molecular formula is C18H19NO3. The fourth-order valence-electron chi connectivity index (χ4n) is 3.02. The summed E-state index contributed by atoms with van der Waals surface area (Å²) in [6, 6.07) is 12.4. The molecule has 1 atom stereocenters. The molecule has 1 heterocycles. The van der Waals surface area contributed by atoms with Gasteiger partial charge < -0.3 is 15.1 Å². The van der Waals surface area contributed by atoms with E-state index in [9.17, 15) is 15.0 Å². The van der Waals surface area contributed by atoms with Gasteiger partial charge in [-0.2, -0.15) is 0 Å². The summed E-state index contributed by atoms with van der Waals surface area (Å²) in [5, 5.41) is 19.1. The molecule has 4 nitrogen and oxygen atoms in total. The number of phenolic OH excluding ortho intramolecular Hbond substituents is 2. The van der Waals surface area contributed by atoms with E-state index >= 15 is 0 Å². The zero-order valence-electron chi connectivity index (χ0n) is 12.5.